The van der Waals surface area contributed by atoms with Crippen LogP contribution >= 0.6 is 0 Å². The quantitative estimate of drug-likeness (QED) is 0.824. The lowest BCUT2D eigenvalue weighted by atomic mass is 9.96. The Morgan fingerprint density at radius 3 is 2.19 bits per heavy atom. The molecule has 138 valence electrons. The van der Waals surface area contributed by atoms with Crippen molar-refractivity contribution in [1.29, 1.82) is 0 Å². The van der Waals surface area contributed by atoms with Crippen LogP contribution in [-0.4, -0.2) is 38.8 Å². The van der Waals surface area contributed by atoms with E-state index in [1.54, 1.807) is 49.5 Å². The van der Waals surface area contributed by atoms with E-state index in [4.69, 9.17) is 0 Å². The number of hydrogen-bond acceptors (Lipinski definition) is 3. The maximum absolute atomic E-state index is 13.0. The predicted octanol–water partition coefficient (Wildman–Crippen LogP) is 2.89. The minimum absolute atomic E-state index is 0.0756. The molecule has 2 aromatic carbocycles. The summed E-state index contributed by atoms with van der Waals surface area (Å²) < 4.78 is 39.8. The van der Waals surface area contributed by atoms with Crippen molar-refractivity contribution in [1.82, 2.24) is 4.31 Å². The van der Waals surface area contributed by atoms with Gasteiger partial charge in [-0.2, -0.15) is 4.31 Å². The Kier molecular flexibility index (Phi) is 5.38. The van der Waals surface area contributed by atoms with Crippen LogP contribution in [0.4, 0.5) is 10.1 Å². The Labute approximate surface area is 153 Å². The molecule has 1 saturated heterocycles. The number of piperidine rings is 1. The van der Waals surface area contributed by atoms with Gasteiger partial charge in [-0.3, -0.25) is 4.79 Å². The molecule has 0 aromatic heterocycles. The zero-order valence-corrected chi connectivity index (χ0v) is 15.3. The van der Waals surface area contributed by atoms with E-state index in [1.807, 2.05) is 0 Å². The summed E-state index contributed by atoms with van der Waals surface area (Å²) >= 11 is 0. The fourth-order valence-corrected chi connectivity index (χ4v) is 4.64. The van der Waals surface area contributed by atoms with Crippen molar-refractivity contribution in [3.63, 3.8) is 0 Å². The molecule has 0 radical (unpaired) electrons. The first-order valence-electron chi connectivity index (χ1n) is 8.48. The van der Waals surface area contributed by atoms with Crippen LogP contribution in [0.3, 0.4) is 0 Å². The fraction of sp³-hybridized carbons (Fsp3) is 0.316. The molecule has 0 bridgehead atoms. The molecule has 1 aliphatic heterocycles. The standard InChI is InChI=1S/C19H21FN2O3S/c1-21(17-9-7-16(20)8-10-17)19(23)15-11-13-22(14-12-15)26(24,25)18-5-3-2-4-6-18/h2-10,15H,11-14H2,1H3. The van der Waals surface area contributed by atoms with Gasteiger partial charge in [0.25, 0.3) is 0 Å². The van der Waals surface area contributed by atoms with Crippen LogP contribution in [0, 0.1) is 11.7 Å². The highest BCUT2D eigenvalue weighted by atomic mass is 32.2. The van der Waals surface area contributed by atoms with Crippen LogP contribution in [0.1, 0.15) is 12.8 Å². The Morgan fingerprint density at radius 1 is 1.04 bits per heavy atom. The highest BCUT2D eigenvalue weighted by Crippen LogP contribution is 2.26. The van der Waals surface area contributed by atoms with Crippen molar-refractivity contribution < 1.29 is 17.6 Å². The first kappa shape index (κ1) is 18.5. The van der Waals surface area contributed by atoms with Crippen molar-refractivity contribution in [3.05, 3.63) is 60.4 Å². The van der Waals surface area contributed by atoms with Crippen molar-refractivity contribution in [2.75, 3.05) is 25.0 Å². The van der Waals surface area contributed by atoms with Gasteiger partial charge < -0.3 is 4.90 Å². The Morgan fingerprint density at radius 2 is 1.62 bits per heavy atom. The normalized spacial score (nSPS) is 16.4. The molecule has 2 aromatic rings. The molecule has 0 spiro atoms. The second-order valence-corrected chi connectivity index (χ2v) is 8.30. The summed E-state index contributed by atoms with van der Waals surface area (Å²) in [5, 5.41) is 0. The molecule has 0 atom stereocenters. The van der Waals surface area contributed by atoms with Gasteiger partial charge in [-0.15, -0.1) is 0 Å². The summed E-state index contributed by atoms with van der Waals surface area (Å²) in [6.45, 7) is 0.621. The lowest BCUT2D eigenvalue weighted by Crippen LogP contribution is -2.43. The van der Waals surface area contributed by atoms with Gasteiger partial charge in [0.1, 0.15) is 5.82 Å². The summed E-state index contributed by atoms with van der Waals surface area (Å²) in [7, 11) is -1.87. The number of nitrogens with zero attached hydrogens (tertiary/aromatic N) is 2. The molecular formula is C19H21FN2O3S. The largest absolute Gasteiger partial charge is 0.315 e. The molecular weight excluding hydrogens is 355 g/mol. The zero-order valence-electron chi connectivity index (χ0n) is 14.5. The number of carbonyl (C=O) groups excluding carboxylic acids is 1. The topological polar surface area (TPSA) is 57.7 Å². The average molecular weight is 376 g/mol. The van der Waals surface area contributed by atoms with Crippen molar-refractivity contribution in [3.8, 4) is 0 Å². The van der Waals surface area contributed by atoms with Gasteiger partial charge in [0, 0.05) is 31.7 Å². The maximum atomic E-state index is 13.0. The van der Waals surface area contributed by atoms with Gasteiger partial charge in [-0.25, -0.2) is 12.8 Å². The van der Waals surface area contributed by atoms with E-state index in [0.717, 1.165) is 0 Å². The SMILES string of the molecule is CN(C(=O)C1CCN(S(=O)(=O)c2ccccc2)CC1)c1ccc(F)cc1. The van der Waals surface area contributed by atoms with Crippen LogP contribution in [-0.2, 0) is 14.8 Å². The third kappa shape index (κ3) is 3.78. The smallest absolute Gasteiger partial charge is 0.243 e. The number of carbonyl (C=O) groups is 1. The van der Waals surface area contributed by atoms with Crippen LogP contribution in [0.2, 0.25) is 0 Å². The monoisotopic (exact) mass is 376 g/mol. The number of halogens is 1. The fourth-order valence-electron chi connectivity index (χ4n) is 3.15. The molecule has 0 unspecified atom stereocenters. The molecule has 1 fully saturated rings. The number of anilines is 1. The first-order chi connectivity index (χ1) is 12.4. The molecule has 0 saturated carbocycles. The van der Waals surface area contributed by atoms with E-state index in [2.05, 4.69) is 0 Å². The average Bonchev–Trinajstić information content (AvgIpc) is 2.68. The van der Waals surface area contributed by atoms with Crippen LogP contribution in [0.5, 0.6) is 0 Å². The zero-order chi connectivity index (χ0) is 18.7. The third-order valence-electron chi connectivity index (χ3n) is 4.73. The van der Waals surface area contributed by atoms with Gasteiger partial charge >= 0.3 is 0 Å². The molecule has 0 N–H and O–H groups in total. The lowest BCUT2D eigenvalue weighted by Gasteiger charge is -2.32. The molecule has 0 aliphatic carbocycles. The number of hydrogen-bond donors (Lipinski definition) is 0. The van der Waals surface area contributed by atoms with Gasteiger partial charge in [-0.1, -0.05) is 18.2 Å². The molecule has 5 nitrogen and oxygen atoms in total. The number of amides is 1. The number of rotatable bonds is 4. The first-order valence-corrected chi connectivity index (χ1v) is 9.92. The van der Waals surface area contributed by atoms with Crippen LogP contribution < -0.4 is 4.90 Å². The minimum Gasteiger partial charge on any atom is -0.315 e. The number of sulfonamides is 1. The Hall–Kier alpha value is -2.25. The van der Waals surface area contributed by atoms with Gasteiger partial charge in [0.15, 0.2) is 0 Å². The Balaban J connectivity index is 1.65. The number of benzene rings is 2. The van der Waals surface area contributed by atoms with Crippen LogP contribution in [0.25, 0.3) is 0 Å². The van der Waals surface area contributed by atoms with Gasteiger partial charge in [0.2, 0.25) is 15.9 Å². The highest BCUT2D eigenvalue weighted by Gasteiger charge is 2.33. The summed E-state index contributed by atoms with van der Waals surface area (Å²) in [6, 6.07) is 14.1. The van der Waals surface area contributed by atoms with E-state index in [9.17, 15) is 17.6 Å². The molecule has 1 amide bonds. The molecule has 1 heterocycles. The molecule has 3 rings (SSSR count). The summed E-state index contributed by atoms with van der Waals surface area (Å²) in [5.41, 5.74) is 0.621. The van der Waals surface area contributed by atoms with Gasteiger partial charge in [0.05, 0.1) is 4.90 Å². The summed E-state index contributed by atoms with van der Waals surface area (Å²) in [6.07, 6.45) is 0.937. The van der Waals surface area contributed by atoms with Crippen molar-refractivity contribution in [2.24, 2.45) is 5.92 Å². The van der Waals surface area contributed by atoms with E-state index in [1.165, 1.54) is 21.3 Å². The van der Waals surface area contributed by atoms with E-state index >= 15 is 0 Å². The maximum Gasteiger partial charge on any atom is 0.243 e. The lowest BCUT2D eigenvalue weighted by molar-refractivity contribution is -0.123. The van der Waals surface area contributed by atoms with E-state index in [-0.39, 0.29) is 22.5 Å². The van der Waals surface area contributed by atoms with Crippen molar-refractivity contribution >= 4 is 21.6 Å². The van der Waals surface area contributed by atoms with Gasteiger partial charge in [-0.05, 0) is 49.2 Å². The minimum atomic E-state index is -3.52. The predicted molar refractivity (Wildman–Crippen MR) is 97.7 cm³/mol. The second-order valence-electron chi connectivity index (χ2n) is 6.37. The summed E-state index contributed by atoms with van der Waals surface area (Å²) in [4.78, 5) is 14.5. The highest BCUT2D eigenvalue weighted by molar-refractivity contribution is 7.89. The van der Waals surface area contributed by atoms with E-state index < -0.39 is 10.0 Å². The molecule has 7 heteroatoms. The van der Waals surface area contributed by atoms with Crippen molar-refractivity contribution in [2.45, 2.75) is 17.7 Å². The third-order valence-corrected chi connectivity index (χ3v) is 6.64. The Bertz CT molecular complexity index is 861. The molecule has 26 heavy (non-hydrogen) atoms. The second kappa shape index (κ2) is 7.55. The van der Waals surface area contributed by atoms with Crippen LogP contribution in [0.15, 0.2) is 59.5 Å². The van der Waals surface area contributed by atoms with E-state index in [0.29, 0.717) is 31.6 Å². The summed E-state index contributed by atoms with van der Waals surface area (Å²) in [5.74, 6) is -0.672. The molecule has 1 aliphatic rings.